The van der Waals surface area contributed by atoms with Crippen LogP contribution < -0.4 is 5.32 Å². The van der Waals surface area contributed by atoms with Crippen LogP contribution in [0.25, 0.3) is 11.3 Å². The summed E-state index contributed by atoms with van der Waals surface area (Å²) in [5.41, 5.74) is 3.95. The molecule has 0 unspecified atom stereocenters. The summed E-state index contributed by atoms with van der Waals surface area (Å²) in [6.07, 6.45) is 2.44. The largest absolute Gasteiger partial charge is 0.317 e. The van der Waals surface area contributed by atoms with Gasteiger partial charge in [0.05, 0.1) is 10.7 Å². The smallest absolute Gasteiger partial charge is 0.0964 e. The summed E-state index contributed by atoms with van der Waals surface area (Å²) in [5, 5.41) is 6.94. The van der Waals surface area contributed by atoms with Gasteiger partial charge in [0.25, 0.3) is 0 Å². The van der Waals surface area contributed by atoms with E-state index in [4.69, 9.17) is 4.98 Å². The maximum atomic E-state index is 4.89. The number of nitrogens with one attached hydrogen (secondary N) is 1. The maximum absolute atomic E-state index is 4.89. The fourth-order valence-corrected chi connectivity index (χ4v) is 3.82. The average molecular weight is 300 g/mol. The van der Waals surface area contributed by atoms with Gasteiger partial charge in [0.2, 0.25) is 0 Å². The Labute approximate surface area is 131 Å². The Bertz CT molecular complexity index is 586. The minimum Gasteiger partial charge on any atom is -0.317 e. The van der Waals surface area contributed by atoms with E-state index >= 15 is 0 Å². The van der Waals surface area contributed by atoms with E-state index < -0.39 is 0 Å². The molecule has 0 bridgehead atoms. The molecule has 0 aliphatic carbocycles. The predicted molar refractivity (Wildman–Crippen MR) is 91.1 cm³/mol. The first-order chi connectivity index (χ1) is 10.0. The number of hydrogen-bond donors (Lipinski definition) is 1. The summed E-state index contributed by atoms with van der Waals surface area (Å²) in [4.78, 5) is 4.89. The van der Waals surface area contributed by atoms with Crippen LogP contribution in [0.1, 0.15) is 50.1 Å². The van der Waals surface area contributed by atoms with E-state index in [0.29, 0.717) is 5.92 Å². The van der Waals surface area contributed by atoms with Crippen LogP contribution in [-0.4, -0.2) is 18.1 Å². The van der Waals surface area contributed by atoms with Gasteiger partial charge in [-0.05, 0) is 36.9 Å². The molecule has 3 rings (SSSR count). The van der Waals surface area contributed by atoms with E-state index in [1.807, 2.05) is 11.3 Å². The summed E-state index contributed by atoms with van der Waals surface area (Å²) in [5.74, 6) is 0.652. The van der Waals surface area contributed by atoms with E-state index in [-0.39, 0.29) is 5.41 Å². The molecule has 112 valence electrons. The SMILES string of the molecule is CC(C)(C)c1ccc(-c2csc(C3CCNCC3)n2)cc1. The molecule has 1 fully saturated rings. The molecule has 0 spiro atoms. The normalized spacial score (nSPS) is 17.1. The number of benzene rings is 1. The van der Waals surface area contributed by atoms with Crippen molar-refractivity contribution in [3.63, 3.8) is 0 Å². The third-order valence-corrected chi connectivity index (χ3v) is 5.26. The molecule has 1 saturated heterocycles. The third-order valence-electron chi connectivity index (χ3n) is 4.26. The van der Waals surface area contributed by atoms with Crippen molar-refractivity contribution in [3.05, 3.63) is 40.2 Å². The van der Waals surface area contributed by atoms with Crippen LogP contribution >= 0.6 is 11.3 Å². The fraction of sp³-hybridized carbons (Fsp3) is 0.500. The lowest BCUT2D eigenvalue weighted by Crippen LogP contribution is -2.26. The van der Waals surface area contributed by atoms with Crippen LogP contribution in [-0.2, 0) is 5.41 Å². The van der Waals surface area contributed by atoms with Gasteiger partial charge in [0, 0.05) is 16.9 Å². The zero-order valence-electron chi connectivity index (χ0n) is 13.1. The predicted octanol–water partition coefficient (Wildman–Crippen LogP) is 4.57. The van der Waals surface area contributed by atoms with Crippen molar-refractivity contribution >= 4 is 11.3 Å². The molecule has 0 saturated carbocycles. The monoisotopic (exact) mass is 300 g/mol. The molecule has 21 heavy (non-hydrogen) atoms. The van der Waals surface area contributed by atoms with Crippen molar-refractivity contribution in [1.29, 1.82) is 0 Å². The molecule has 1 aliphatic rings. The maximum Gasteiger partial charge on any atom is 0.0964 e. The Balaban J connectivity index is 1.79. The highest BCUT2D eigenvalue weighted by Gasteiger charge is 2.19. The molecule has 1 aromatic carbocycles. The first kappa shape index (κ1) is 14.7. The third kappa shape index (κ3) is 3.35. The molecular weight excluding hydrogens is 276 g/mol. The van der Waals surface area contributed by atoms with Crippen molar-refractivity contribution in [3.8, 4) is 11.3 Å². The highest BCUT2D eigenvalue weighted by molar-refractivity contribution is 7.10. The second-order valence-electron chi connectivity index (χ2n) is 6.92. The number of piperidine rings is 1. The molecule has 0 radical (unpaired) electrons. The molecule has 2 aromatic rings. The Hall–Kier alpha value is -1.19. The van der Waals surface area contributed by atoms with Crippen LogP contribution in [0.5, 0.6) is 0 Å². The number of rotatable bonds is 2. The topological polar surface area (TPSA) is 24.9 Å². The minimum absolute atomic E-state index is 0.209. The summed E-state index contributed by atoms with van der Waals surface area (Å²) in [7, 11) is 0. The lowest BCUT2D eigenvalue weighted by atomic mass is 9.86. The van der Waals surface area contributed by atoms with Crippen molar-refractivity contribution < 1.29 is 0 Å². The fourth-order valence-electron chi connectivity index (χ4n) is 2.82. The molecule has 0 atom stereocenters. The van der Waals surface area contributed by atoms with Gasteiger partial charge >= 0.3 is 0 Å². The highest BCUT2D eigenvalue weighted by Crippen LogP contribution is 2.32. The van der Waals surface area contributed by atoms with E-state index in [9.17, 15) is 0 Å². The van der Waals surface area contributed by atoms with Crippen LogP contribution in [0.3, 0.4) is 0 Å². The van der Waals surface area contributed by atoms with E-state index in [1.165, 1.54) is 29.0 Å². The summed E-state index contributed by atoms with van der Waals surface area (Å²) >= 11 is 1.82. The molecule has 1 aromatic heterocycles. The number of hydrogen-bond acceptors (Lipinski definition) is 3. The zero-order chi connectivity index (χ0) is 14.9. The van der Waals surface area contributed by atoms with Gasteiger partial charge in [-0.15, -0.1) is 11.3 Å². The van der Waals surface area contributed by atoms with Gasteiger partial charge < -0.3 is 5.32 Å². The Morgan fingerprint density at radius 2 is 1.76 bits per heavy atom. The molecular formula is C18H24N2S. The average Bonchev–Trinajstić information content (AvgIpc) is 2.97. The molecule has 1 N–H and O–H groups in total. The van der Waals surface area contributed by atoms with Gasteiger partial charge in [-0.1, -0.05) is 45.0 Å². The van der Waals surface area contributed by atoms with Crippen LogP contribution in [0.4, 0.5) is 0 Å². The van der Waals surface area contributed by atoms with Crippen LogP contribution in [0.2, 0.25) is 0 Å². The Morgan fingerprint density at radius 3 is 2.38 bits per heavy atom. The van der Waals surface area contributed by atoms with Crippen molar-refractivity contribution in [2.75, 3.05) is 13.1 Å². The van der Waals surface area contributed by atoms with E-state index in [2.05, 4.69) is 55.7 Å². The summed E-state index contributed by atoms with van der Waals surface area (Å²) < 4.78 is 0. The first-order valence-corrected chi connectivity index (χ1v) is 8.69. The van der Waals surface area contributed by atoms with Gasteiger partial charge in [-0.3, -0.25) is 0 Å². The lowest BCUT2D eigenvalue weighted by molar-refractivity contribution is 0.459. The zero-order valence-corrected chi connectivity index (χ0v) is 14.0. The second-order valence-corrected chi connectivity index (χ2v) is 7.81. The molecule has 0 amide bonds. The van der Waals surface area contributed by atoms with Crippen molar-refractivity contribution in [2.24, 2.45) is 0 Å². The molecule has 1 aliphatic heterocycles. The van der Waals surface area contributed by atoms with Crippen LogP contribution in [0, 0.1) is 0 Å². The first-order valence-electron chi connectivity index (χ1n) is 7.81. The quantitative estimate of drug-likeness (QED) is 0.878. The number of nitrogens with zero attached hydrogens (tertiary/aromatic N) is 1. The highest BCUT2D eigenvalue weighted by atomic mass is 32.1. The molecule has 2 heterocycles. The lowest BCUT2D eigenvalue weighted by Gasteiger charge is -2.20. The van der Waals surface area contributed by atoms with Gasteiger partial charge in [-0.2, -0.15) is 0 Å². The second kappa shape index (κ2) is 5.90. The standard InChI is InChI=1S/C18H24N2S/c1-18(2,3)15-6-4-13(5-7-15)16-12-21-17(20-16)14-8-10-19-11-9-14/h4-7,12,14,19H,8-11H2,1-3H3. The minimum atomic E-state index is 0.209. The van der Waals surface area contributed by atoms with Crippen molar-refractivity contribution in [1.82, 2.24) is 10.3 Å². The van der Waals surface area contributed by atoms with E-state index in [0.717, 1.165) is 18.8 Å². The Kier molecular flexibility index (Phi) is 4.14. The van der Waals surface area contributed by atoms with Crippen LogP contribution in [0.15, 0.2) is 29.6 Å². The van der Waals surface area contributed by atoms with Gasteiger partial charge in [-0.25, -0.2) is 4.98 Å². The van der Waals surface area contributed by atoms with Gasteiger partial charge in [0.15, 0.2) is 0 Å². The number of thiazole rings is 1. The van der Waals surface area contributed by atoms with E-state index in [1.54, 1.807) is 0 Å². The summed E-state index contributed by atoms with van der Waals surface area (Å²) in [6, 6.07) is 8.89. The van der Waals surface area contributed by atoms with Crippen molar-refractivity contribution in [2.45, 2.75) is 44.9 Å². The summed E-state index contributed by atoms with van der Waals surface area (Å²) in [6.45, 7) is 9.00. The molecule has 3 heteroatoms. The number of aromatic nitrogens is 1. The Morgan fingerprint density at radius 1 is 1.10 bits per heavy atom. The molecule has 2 nitrogen and oxygen atoms in total. The van der Waals surface area contributed by atoms with Gasteiger partial charge in [0.1, 0.15) is 0 Å².